The van der Waals surface area contributed by atoms with Crippen LogP contribution in [0.1, 0.15) is 49.1 Å². The molecule has 6 rings (SSSR count). The molecule has 1 aromatic heterocycles. The Morgan fingerprint density at radius 1 is 1.06 bits per heavy atom. The van der Waals surface area contributed by atoms with E-state index in [2.05, 4.69) is 157 Å². The maximum Gasteiger partial charge on any atom is 0.0998 e. The van der Waals surface area contributed by atoms with Gasteiger partial charge < -0.3 is 14.8 Å². The van der Waals surface area contributed by atoms with Crippen LogP contribution in [0.5, 0.6) is 0 Å². The molecular formula is C46H45N5. The van der Waals surface area contributed by atoms with E-state index in [1.54, 1.807) is 6.20 Å². The summed E-state index contributed by atoms with van der Waals surface area (Å²) in [4.78, 5) is 2.39. The Kier molecular flexibility index (Phi) is 11.0. The van der Waals surface area contributed by atoms with Crippen molar-refractivity contribution in [1.29, 1.82) is 10.5 Å². The topological polar surface area (TPSA) is 67.8 Å². The molecule has 3 aromatic carbocycles. The third-order valence-corrected chi connectivity index (χ3v) is 9.74. The van der Waals surface area contributed by atoms with Crippen LogP contribution in [0.3, 0.4) is 0 Å². The molecule has 2 aliphatic carbocycles. The SMILES string of the molecule is C=C/C(=C\C=C/Cc1cccc(-c2c(C#N)cccc2-n2c3c(c4ccccc42)C=CCC3)c1)N(C(C)C)C1C=CC=CC1C/C(C#N)=C\NC. The zero-order valence-electron chi connectivity index (χ0n) is 29.8. The fourth-order valence-electron chi connectivity index (χ4n) is 7.56. The molecule has 0 amide bonds. The molecule has 2 atom stereocenters. The van der Waals surface area contributed by atoms with Crippen molar-refractivity contribution < 1.29 is 0 Å². The van der Waals surface area contributed by atoms with Gasteiger partial charge in [-0.15, -0.1) is 0 Å². The van der Waals surface area contributed by atoms with E-state index in [0.29, 0.717) is 12.0 Å². The lowest BCUT2D eigenvalue weighted by molar-refractivity contribution is 0.207. The van der Waals surface area contributed by atoms with Crippen LogP contribution in [0.15, 0.2) is 145 Å². The molecule has 0 spiro atoms. The van der Waals surface area contributed by atoms with Gasteiger partial charge in [0.25, 0.3) is 0 Å². The summed E-state index contributed by atoms with van der Waals surface area (Å²) >= 11 is 0. The molecule has 0 saturated carbocycles. The summed E-state index contributed by atoms with van der Waals surface area (Å²) in [6.07, 6.45) is 26.6. The van der Waals surface area contributed by atoms with Crippen molar-refractivity contribution in [1.82, 2.24) is 14.8 Å². The first kappa shape index (κ1) is 34.8. The van der Waals surface area contributed by atoms with E-state index in [4.69, 9.17) is 0 Å². The first-order valence-electron chi connectivity index (χ1n) is 17.8. The van der Waals surface area contributed by atoms with Crippen LogP contribution in [0.2, 0.25) is 0 Å². The first-order valence-corrected chi connectivity index (χ1v) is 17.8. The summed E-state index contributed by atoms with van der Waals surface area (Å²) in [5.41, 5.74) is 10.3. The van der Waals surface area contributed by atoms with Crippen molar-refractivity contribution in [3.05, 3.63) is 168 Å². The predicted molar refractivity (Wildman–Crippen MR) is 212 cm³/mol. The number of benzene rings is 3. The number of nitriles is 2. The lowest BCUT2D eigenvalue weighted by atomic mass is 9.87. The average Bonchev–Trinajstić information content (AvgIpc) is 3.50. The molecule has 1 N–H and O–H groups in total. The normalized spacial score (nSPS) is 17.1. The number of nitrogens with zero attached hydrogens (tertiary/aromatic N) is 4. The summed E-state index contributed by atoms with van der Waals surface area (Å²) in [6, 6.07) is 28.4. The van der Waals surface area contributed by atoms with Gasteiger partial charge in [-0.3, -0.25) is 0 Å². The summed E-state index contributed by atoms with van der Waals surface area (Å²) in [6.45, 7) is 8.56. The minimum Gasteiger partial charge on any atom is -0.393 e. The molecule has 2 unspecified atom stereocenters. The molecule has 0 radical (unpaired) electrons. The fourth-order valence-corrected chi connectivity index (χ4v) is 7.56. The van der Waals surface area contributed by atoms with E-state index in [9.17, 15) is 10.5 Å². The van der Waals surface area contributed by atoms with Crippen molar-refractivity contribution in [3.8, 4) is 29.0 Å². The molecule has 254 valence electrons. The highest BCUT2D eigenvalue weighted by Gasteiger charge is 2.28. The van der Waals surface area contributed by atoms with E-state index in [0.717, 1.165) is 52.9 Å². The summed E-state index contributed by atoms with van der Waals surface area (Å²) in [5, 5.41) is 24.3. The van der Waals surface area contributed by atoms with Crippen LogP contribution >= 0.6 is 0 Å². The van der Waals surface area contributed by atoms with Gasteiger partial charge in [-0.2, -0.15) is 10.5 Å². The third kappa shape index (κ3) is 7.30. The second-order valence-corrected chi connectivity index (χ2v) is 13.3. The molecule has 0 saturated heterocycles. The van der Waals surface area contributed by atoms with E-state index in [-0.39, 0.29) is 18.0 Å². The Balaban J connectivity index is 1.29. The Hall–Kier alpha value is -6.04. The standard InChI is InChI=1S/C46H45N5/c1-5-39(50(33(2)3)42-24-11-7-18-36(42)29-35(30-47)32-49-4)21-8-6-16-34-17-14-19-37(28-34)46-38(31-48)20-15-27-45(46)51-43-25-12-9-22-40(43)41-23-10-13-26-44(41)51/h5-12,14-15,17-25,27-28,32-33,36,42,49H,1,13,16,26,29H2,2-4H3/b8-6-,35-32+,39-21+. The van der Waals surface area contributed by atoms with E-state index >= 15 is 0 Å². The largest absolute Gasteiger partial charge is 0.393 e. The second-order valence-electron chi connectivity index (χ2n) is 13.3. The van der Waals surface area contributed by atoms with Crippen LogP contribution < -0.4 is 5.32 Å². The lowest BCUT2D eigenvalue weighted by Crippen LogP contribution is -2.43. The number of aromatic nitrogens is 1. The number of fused-ring (bicyclic) bond motifs is 3. The van der Waals surface area contributed by atoms with Gasteiger partial charge in [0.1, 0.15) is 0 Å². The summed E-state index contributed by atoms with van der Waals surface area (Å²) in [5.74, 6) is 0.152. The Bertz CT molecular complexity index is 2190. The van der Waals surface area contributed by atoms with E-state index < -0.39 is 0 Å². The van der Waals surface area contributed by atoms with Gasteiger partial charge in [0.15, 0.2) is 0 Å². The van der Waals surface area contributed by atoms with Crippen LogP contribution in [0, 0.1) is 28.6 Å². The van der Waals surface area contributed by atoms with Gasteiger partial charge in [0, 0.05) is 58.7 Å². The van der Waals surface area contributed by atoms with Crippen molar-refractivity contribution in [3.63, 3.8) is 0 Å². The Morgan fingerprint density at radius 3 is 2.67 bits per heavy atom. The second kappa shape index (κ2) is 16.1. The van der Waals surface area contributed by atoms with E-state index in [1.807, 2.05) is 25.3 Å². The highest BCUT2D eigenvalue weighted by atomic mass is 15.2. The zero-order chi connectivity index (χ0) is 35.7. The Morgan fingerprint density at radius 2 is 1.88 bits per heavy atom. The number of nitrogens with one attached hydrogen (secondary N) is 1. The van der Waals surface area contributed by atoms with Gasteiger partial charge in [-0.1, -0.05) is 104 Å². The molecule has 51 heavy (non-hydrogen) atoms. The fraction of sp³-hybridized carbons (Fsp3) is 0.217. The van der Waals surface area contributed by atoms with Crippen molar-refractivity contribution in [2.24, 2.45) is 5.92 Å². The quantitative estimate of drug-likeness (QED) is 0.121. The first-order chi connectivity index (χ1) is 25.0. The van der Waals surface area contributed by atoms with Crippen molar-refractivity contribution in [2.45, 2.75) is 51.6 Å². The minimum absolute atomic E-state index is 0.0892. The molecule has 0 bridgehead atoms. The van der Waals surface area contributed by atoms with Crippen molar-refractivity contribution in [2.75, 3.05) is 7.05 Å². The number of allylic oxidation sites excluding steroid dienone is 8. The van der Waals surface area contributed by atoms with Gasteiger partial charge in [-0.05, 0) is 81.0 Å². The molecular weight excluding hydrogens is 623 g/mol. The Labute approximate surface area is 302 Å². The van der Waals surface area contributed by atoms with Crippen LogP contribution in [0.25, 0.3) is 33.8 Å². The monoisotopic (exact) mass is 667 g/mol. The smallest absolute Gasteiger partial charge is 0.0998 e. The number of hydrogen-bond donors (Lipinski definition) is 1. The lowest BCUT2D eigenvalue weighted by Gasteiger charge is -2.40. The number of hydrogen-bond acceptors (Lipinski definition) is 4. The maximum absolute atomic E-state index is 10.3. The average molecular weight is 668 g/mol. The summed E-state index contributed by atoms with van der Waals surface area (Å²) in [7, 11) is 1.82. The van der Waals surface area contributed by atoms with E-state index in [1.165, 1.54) is 22.2 Å². The number of rotatable bonds is 12. The summed E-state index contributed by atoms with van der Waals surface area (Å²) < 4.78 is 2.37. The van der Waals surface area contributed by atoms with Crippen LogP contribution in [0.4, 0.5) is 0 Å². The molecule has 1 heterocycles. The van der Waals surface area contributed by atoms with Gasteiger partial charge in [0.2, 0.25) is 0 Å². The number of para-hydroxylation sites is 1. The molecule has 0 fully saturated rings. The maximum atomic E-state index is 10.3. The minimum atomic E-state index is 0.0892. The van der Waals surface area contributed by atoms with Gasteiger partial charge in [0.05, 0.1) is 34.9 Å². The molecule has 5 heteroatoms. The van der Waals surface area contributed by atoms with Crippen LogP contribution in [-0.2, 0) is 12.8 Å². The highest BCUT2D eigenvalue weighted by Crippen LogP contribution is 2.39. The molecule has 0 aliphatic heterocycles. The molecule has 5 nitrogen and oxygen atoms in total. The molecule has 4 aromatic rings. The van der Waals surface area contributed by atoms with Gasteiger partial charge >= 0.3 is 0 Å². The third-order valence-electron chi connectivity index (χ3n) is 9.74. The zero-order valence-corrected chi connectivity index (χ0v) is 29.8. The van der Waals surface area contributed by atoms with Crippen LogP contribution in [-0.4, -0.2) is 28.6 Å². The van der Waals surface area contributed by atoms with Gasteiger partial charge in [-0.25, -0.2) is 0 Å². The highest BCUT2D eigenvalue weighted by molar-refractivity contribution is 5.95. The molecule has 2 aliphatic rings. The predicted octanol–water partition coefficient (Wildman–Crippen LogP) is 10.1. The van der Waals surface area contributed by atoms with Crippen molar-refractivity contribution >= 4 is 17.0 Å².